The first kappa shape index (κ1) is 21.4. The maximum absolute atomic E-state index is 13.2. The van der Waals surface area contributed by atoms with Crippen LogP contribution in [0, 0.1) is 0 Å². The third-order valence-corrected chi connectivity index (χ3v) is 6.82. The first-order valence-corrected chi connectivity index (χ1v) is 11.7. The zero-order chi connectivity index (χ0) is 23.1. The molecule has 6 nitrogen and oxygen atoms in total. The fraction of sp³-hybridized carbons (Fsp3) is 0.0800. The Hall–Kier alpha value is -3.49. The van der Waals surface area contributed by atoms with Crippen molar-refractivity contribution in [2.24, 2.45) is 0 Å². The second kappa shape index (κ2) is 8.46. The fourth-order valence-electron chi connectivity index (χ4n) is 4.01. The predicted octanol–water partition coefficient (Wildman–Crippen LogP) is 5.69. The third-order valence-electron chi connectivity index (χ3n) is 5.56. The number of benzene rings is 3. The van der Waals surface area contributed by atoms with Gasteiger partial charge in [-0.05, 0) is 46.7 Å². The minimum Gasteiger partial charge on any atom is -0.507 e. The van der Waals surface area contributed by atoms with Crippen molar-refractivity contribution >= 4 is 60.6 Å². The first-order valence-electron chi connectivity index (χ1n) is 10.0. The molecule has 1 amide bonds. The van der Waals surface area contributed by atoms with Crippen molar-refractivity contribution in [2.75, 3.05) is 12.0 Å². The SMILES string of the molecule is COc1ccc2cc(/C(O)=C3\C(=O)C(=O)N(c4nccs4)C3c3cccc(Br)c3)ccc2c1. The normalized spacial score (nSPS) is 17.6. The monoisotopic (exact) mass is 520 g/mol. The van der Waals surface area contributed by atoms with Crippen LogP contribution in [-0.2, 0) is 9.59 Å². The number of aliphatic hydroxyl groups is 1. The van der Waals surface area contributed by atoms with Gasteiger partial charge in [0.05, 0.1) is 18.7 Å². The molecule has 164 valence electrons. The van der Waals surface area contributed by atoms with Crippen molar-refractivity contribution in [2.45, 2.75) is 6.04 Å². The molecule has 0 saturated carbocycles. The molecule has 1 aliphatic heterocycles. The fourth-order valence-corrected chi connectivity index (χ4v) is 5.09. The molecule has 0 bridgehead atoms. The molecular formula is C25H17BrN2O4S. The van der Waals surface area contributed by atoms with Crippen molar-refractivity contribution in [3.05, 3.63) is 93.4 Å². The van der Waals surface area contributed by atoms with E-state index in [1.807, 2.05) is 48.5 Å². The maximum atomic E-state index is 13.2. The lowest BCUT2D eigenvalue weighted by atomic mass is 9.94. The number of ether oxygens (including phenoxy) is 1. The molecule has 8 heteroatoms. The molecule has 0 spiro atoms. The number of amides is 1. The van der Waals surface area contributed by atoms with E-state index in [-0.39, 0.29) is 11.3 Å². The number of methoxy groups -OCH3 is 1. The van der Waals surface area contributed by atoms with Gasteiger partial charge in [-0.1, -0.05) is 46.3 Å². The molecule has 5 rings (SSSR count). The van der Waals surface area contributed by atoms with E-state index in [1.54, 1.807) is 30.8 Å². The van der Waals surface area contributed by atoms with E-state index in [0.29, 0.717) is 16.3 Å². The van der Waals surface area contributed by atoms with Gasteiger partial charge in [0.15, 0.2) is 5.13 Å². The maximum Gasteiger partial charge on any atom is 0.301 e. The molecule has 3 aromatic carbocycles. The lowest BCUT2D eigenvalue weighted by molar-refractivity contribution is -0.132. The van der Waals surface area contributed by atoms with Crippen LogP contribution >= 0.6 is 27.3 Å². The number of aromatic nitrogens is 1. The Bertz CT molecular complexity index is 1430. The highest BCUT2D eigenvalue weighted by atomic mass is 79.9. The number of halogens is 1. The van der Waals surface area contributed by atoms with Crippen LogP contribution in [0.1, 0.15) is 17.2 Å². The van der Waals surface area contributed by atoms with Crippen LogP contribution in [0.3, 0.4) is 0 Å². The summed E-state index contributed by atoms with van der Waals surface area (Å²) in [7, 11) is 1.60. The number of anilines is 1. The lowest BCUT2D eigenvalue weighted by Crippen LogP contribution is -2.29. The molecule has 1 N–H and O–H groups in total. The van der Waals surface area contributed by atoms with Crippen molar-refractivity contribution < 1.29 is 19.4 Å². The number of thiazole rings is 1. The number of fused-ring (bicyclic) bond motifs is 1. The molecule has 0 radical (unpaired) electrons. The number of hydrogen-bond acceptors (Lipinski definition) is 6. The van der Waals surface area contributed by atoms with Gasteiger partial charge in [0.2, 0.25) is 0 Å². The van der Waals surface area contributed by atoms with Gasteiger partial charge in [-0.2, -0.15) is 0 Å². The zero-order valence-electron chi connectivity index (χ0n) is 17.4. The summed E-state index contributed by atoms with van der Waals surface area (Å²) in [6.07, 6.45) is 1.58. The number of ketones is 1. The number of hydrogen-bond donors (Lipinski definition) is 1. The lowest BCUT2D eigenvalue weighted by Gasteiger charge is -2.23. The molecule has 1 aromatic heterocycles. The van der Waals surface area contributed by atoms with Gasteiger partial charge in [0.25, 0.3) is 5.78 Å². The van der Waals surface area contributed by atoms with E-state index < -0.39 is 17.7 Å². The Morgan fingerprint density at radius 2 is 1.88 bits per heavy atom. The van der Waals surface area contributed by atoms with Gasteiger partial charge in [-0.25, -0.2) is 4.98 Å². The Kier molecular flexibility index (Phi) is 5.47. The number of rotatable bonds is 4. The Morgan fingerprint density at radius 3 is 2.61 bits per heavy atom. The molecule has 1 saturated heterocycles. The van der Waals surface area contributed by atoms with E-state index in [4.69, 9.17) is 4.74 Å². The predicted molar refractivity (Wildman–Crippen MR) is 132 cm³/mol. The highest BCUT2D eigenvalue weighted by molar-refractivity contribution is 9.10. The molecule has 2 heterocycles. The minimum absolute atomic E-state index is 0.0289. The minimum atomic E-state index is -0.805. The van der Waals surface area contributed by atoms with Gasteiger partial charge in [-0.3, -0.25) is 14.5 Å². The summed E-state index contributed by atoms with van der Waals surface area (Å²) in [6.45, 7) is 0. The molecule has 1 aliphatic rings. The molecule has 33 heavy (non-hydrogen) atoms. The Morgan fingerprint density at radius 1 is 1.09 bits per heavy atom. The molecule has 4 aromatic rings. The number of carbonyl (C=O) groups excluding carboxylic acids is 2. The highest BCUT2D eigenvalue weighted by Gasteiger charge is 2.48. The largest absolute Gasteiger partial charge is 0.507 e. The zero-order valence-corrected chi connectivity index (χ0v) is 19.8. The van der Waals surface area contributed by atoms with Gasteiger partial charge in [0.1, 0.15) is 11.5 Å². The Labute approximate surface area is 201 Å². The number of carbonyl (C=O) groups is 2. The van der Waals surface area contributed by atoms with Crippen molar-refractivity contribution in [1.82, 2.24) is 4.98 Å². The number of Topliss-reactive ketones (excluding diaryl/α,β-unsaturated/α-hetero) is 1. The van der Waals surface area contributed by atoms with Gasteiger partial charge < -0.3 is 9.84 Å². The van der Waals surface area contributed by atoms with Crippen molar-refractivity contribution in [1.29, 1.82) is 0 Å². The van der Waals surface area contributed by atoms with E-state index in [2.05, 4.69) is 20.9 Å². The summed E-state index contributed by atoms with van der Waals surface area (Å²) in [5.41, 5.74) is 1.16. The first-order chi connectivity index (χ1) is 16.0. The van der Waals surface area contributed by atoms with Gasteiger partial charge in [0, 0.05) is 21.6 Å². The highest BCUT2D eigenvalue weighted by Crippen LogP contribution is 2.43. The number of nitrogens with zero attached hydrogens (tertiary/aromatic N) is 2. The second-order valence-electron chi connectivity index (χ2n) is 7.47. The van der Waals surface area contributed by atoms with Crippen LogP contribution in [-0.4, -0.2) is 28.9 Å². The summed E-state index contributed by atoms with van der Waals surface area (Å²) in [6, 6.07) is 17.5. The van der Waals surface area contributed by atoms with E-state index in [9.17, 15) is 14.7 Å². The average molecular weight is 521 g/mol. The van der Waals surface area contributed by atoms with Gasteiger partial charge in [-0.15, -0.1) is 11.3 Å². The van der Waals surface area contributed by atoms with E-state index in [1.165, 1.54) is 16.2 Å². The third kappa shape index (κ3) is 3.71. The summed E-state index contributed by atoms with van der Waals surface area (Å²) >= 11 is 4.72. The second-order valence-corrected chi connectivity index (χ2v) is 9.26. The topological polar surface area (TPSA) is 79.7 Å². The summed E-state index contributed by atoms with van der Waals surface area (Å²) in [5, 5.41) is 15.2. The molecular weight excluding hydrogens is 504 g/mol. The van der Waals surface area contributed by atoms with E-state index in [0.717, 1.165) is 21.0 Å². The summed E-state index contributed by atoms with van der Waals surface area (Å²) in [4.78, 5) is 31.9. The molecule has 1 unspecified atom stereocenters. The van der Waals surface area contributed by atoms with Crippen molar-refractivity contribution in [3.63, 3.8) is 0 Å². The van der Waals surface area contributed by atoms with Gasteiger partial charge >= 0.3 is 5.91 Å². The van der Waals surface area contributed by atoms with Crippen LogP contribution in [0.4, 0.5) is 5.13 Å². The average Bonchev–Trinajstić information content (AvgIpc) is 3.44. The quantitative estimate of drug-likeness (QED) is 0.212. The number of aliphatic hydroxyl groups excluding tert-OH is 1. The van der Waals surface area contributed by atoms with Crippen LogP contribution in [0.15, 0.2) is 82.3 Å². The smallest absolute Gasteiger partial charge is 0.301 e. The summed E-state index contributed by atoms with van der Waals surface area (Å²) in [5.74, 6) is -0.970. The van der Waals surface area contributed by atoms with Crippen molar-refractivity contribution in [3.8, 4) is 5.75 Å². The van der Waals surface area contributed by atoms with Crippen LogP contribution < -0.4 is 9.64 Å². The molecule has 1 atom stereocenters. The van der Waals surface area contributed by atoms with Crippen LogP contribution in [0.5, 0.6) is 5.75 Å². The Balaban J connectivity index is 1.70. The van der Waals surface area contributed by atoms with E-state index >= 15 is 0 Å². The van der Waals surface area contributed by atoms with Crippen LogP contribution in [0.25, 0.3) is 16.5 Å². The molecule has 1 fully saturated rings. The van der Waals surface area contributed by atoms with Crippen LogP contribution in [0.2, 0.25) is 0 Å². The standard InChI is InChI=1S/C25H17BrN2O4S/c1-32-19-8-7-14-11-17(6-5-15(14)13-19)22(29)20-21(16-3-2-4-18(26)12-16)28(24(31)23(20)30)25-27-9-10-33-25/h2-13,21,29H,1H3/b22-20+. The molecule has 0 aliphatic carbocycles. The summed E-state index contributed by atoms with van der Waals surface area (Å²) < 4.78 is 6.07.